The number of likely N-dealkylation sites (tertiary alicyclic amines) is 3. The normalized spacial score (nSPS) is 22.4. The summed E-state index contributed by atoms with van der Waals surface area (Å²) >= 11 is 0. The summed E-state index contributed by atoms with van der Waals surface area (Å²) in [6.45, 7) is 17.0. The molecule has 0 bridgehead atoms. The summed E-state index contributed by atoms with van der Waals surface area (Å²) in [7, 11) is 0. The molecule has 4 aliphatic heterocycles. The number of amides is 3. The Bertz CT molecular complexity index is 1350. The zero-order chi connectivity index (χ0) is 32.5. The largest absolute Gasteiger partial charge is 0.444 e. The fraction of sp³-hybridized carbons (Fsp3) is 0.767. The second-order valence-corrected chi connectivity index (χ2v) is 14.1. The summed E-state index contributed by atoms with van der Waals surface area (Å²) in [4.78, 5) is 49.9. The van der Waals surface area contributed by atoms with Crippen molar-refractivity contribution >= 4 is 18.1 Å². The van der Waals surface area contributed by atoms with Gasteiger partial charge in [0.05, 0.1) is 5.92 Å². The molecule has 2 aromatic rings. The first-order valence-corrected chi connectivity index (χ1v) is 15.8. The highest BCUT2D eigenvalue weighted by molar-refractivity contribution is 5.74. The van der Waals surface area contributed by atoms with Crippen LogP contribution >= 0.6 is 0 Å². The molecule has 0 aromatic carbocycles. The number of carbonyl (C=O) groups excluding carboxylic acids is 3. The first kappa shape index (κ1) is 32.6. The molecule has 6 rings (SSSR count). The first-order valence-electron chi connectivity index (χ1n) is 15.8. The van der Waals surface area contributed by atoms with Crippen molar-refractivity contribution in [2.75, 3.05) is 39.3 Å². The minimum absolute atomic E-state index is 0.0573. The Morgan fingerprint density at radius 1 is 0.756 bits per heavy atom. The molecule has 3 amide bonds. The molecule has 0 radical (unpaired) electrons. The van der Waals surface area contributed by atoms with E-state index in [1.54, 1.807) is 21.6 Å². The van der Waals surface area contributed by atoms with Gasteiger partial charge in [-0.2, -0.15) is 9.97 Å². The zero-order valence-corrected chi connectivity index (χ0v) is 27.4. The van der Waals surface area contributed by atoms with Gasteiger partial charge in [-0.1, -0.05) is 10.3 Å². The van der Waals surface area contributed by atoms with Crippen LogP contribution in [-0.2, 0) is 14.3 Å². The van der Waals surface area contributed by atoms with Crippen LogP contribution in [0.4, 0.5) is 9.59 Å². The van der Waals surface area contributed by atoms with Gasteiger partial charge in [0.15, 0.2) is 11.6 Å². The maximum Gasteiger partial charge on any atom is 0.410 e. The van der Waals surface area contributed by atoms with Crippen molar-refractivity contribution in [1.82, 2.24) is 40.3 Å². The highest BCUT2D eigenvalue weighted by atomic mass is 16.6. The Balaban J connectivity index is 0.000000179. The number of nitrogens with one attached hydrogen (secondary N) is 1. The van der Waals surface area contributed by atoms with Gasteiger partial charge in [-0.05, 0) is 67.2 Å². The van der Waals surface area contributed by atoms with Gasteiger partial charge < -0.3 is 28.7 Å². The average Bonchev–Trinajstić information content (AvgIpc) is 3.66. The number of nitrogens with zero attached hydrogens (tertiary/aromatic N) is 7. The molecular weight excluding hydrogens is 584 g/mol. The van der Waals surface area contributed by atoms with E-state index < -0.39 is 11.2 Å². The van der Waals surface area contributed by atoms with Crippen molar-refractivity contribution in [2.24, 2.45) is 0 Å². The van der Waals surface area contributed by atoms with E-state index >= 15 is 0 Å². The number of carbonyl (C=O) groups is 3. The van der Waals surface area contributed by atoms with Crippen molar-refractivity contribution in [3.63, 3.8) is 0 Å². The van der Waals surface area contributed by atoms with Crippen LogP contribution in [0.5, 0.6) is 0 Å². The van der Waals surface area contributed by atoms with Crippen molar-refractivity contribution < 1.29 is 32.9 Å². The van der Waals surface area contributed by atoms with Crippen molar-refractivity contribution in [3.05, 3.63) is 23.4 Å². The lowest BCUT2D eigenvalue weighted by atomic mass is 9.99. The Morgan fingerprint density at radius 3 is 1.58 bits per heavy atom. The third-order valence-corrected chi connectivity index (χ3v) is 8.09. The quantitative estimate of drug-likeness (QED) is 0.518. The molecule has 45 heavy (non-hydrogen) atoms. The van der Waals surface area contributed by atoms with Crippen LogP contribution in [0.1, 0.15) is 121 Å². The van der Waals surface area contributed by atoms with Gasteiger partial charge >= 0.3 is 12.2 Å². The molecule has 0 aliphatic carbocycles. The first-order chi connectivity index (χ1) is 21.2. The number of hydrogen-bond donors (Lipinski definition) is 1. The van der Waals surface area contributed by atoms with Gasteiger partial charge in [0, 0.05) is 52.1 Å². The van der Waals surface area contributed by atoms with Crippen LogP contribution in [0.25, 0.3) is 0 Å². The van der Waals surface area contributed by atoms with Gasteiger partial charge in [-0.25, -0.2) is 9.59 Å². The third-order valence-electron chi connectivity index (χ3n) is 8.09. The van der Waals surface area contributed by atoms with E-state index in [4.69, 9.17) is 18.5 Å². The van der Waals surface area contributed by atoms with E-state index in [1.165, 1.54) is 0 Å². The lowest BCUT2D eigenvalue weighted by Crippen LogP contribution is -2.47. The molecule has 2 aromatic heterocycles. The average molecular weight is 631 g/mol. The van der Waals surface area contributed by atoms with E-state index in [1.807, 2.05) is 41.5 Å². The van der Waals surface area contributed by atoms with Crippen molar-refractivity contribution in [3.8, 4) is 0 Å². The molecule has 15 nitrogen and oxygen atoms in total. The van der Waals surface area contributed by atoms with Crippen LogP contribution in [0, 0.1) is 0 Å². The molecule has 0 saturated carbocycles. The Hall–Kier alpha value is -3.75. The van der Waals surface area contributed by atoms with Crippen LogP contribution < -0.4 is 5.32 Å². The minimum atomic E-state index is -0.535. The van der Waals surface area contributed by atoms with E-state index in [0.717, 1.165) is 44.6 Å². The van der Waals surface area contributed by atoms with Gasteiger partial charge in [0.25, 0.3) is 0 Å². The third kappa shape index (κ3) is 7.92. The lowest BCUT2D eigenvalue weighted by Gasteiger charge is -2.36. The molecule has 15 heteroatoms. The predicted molar refractivity (Wildman–Crippen MR) is 159 cm³/mol. The topological polar surface area (TPSA) is 169 Å². The molecule has 4 saturated heterocycles. The Kier molecular flexibility index (Phi) is 9.38. The zero-order valence-electron chi connectivity index (χ0n) is 27.4. The number of aromatic nitrogens is 4. The minimum Gasteiger partial charge on any atom is -0.444 e. The maximum atomic E-state index is 12.3. The van der Waals surface area contributed by atoms with Crippen LogP contribution in [0.2, 0.25) is 0 Å². The molecule has 2 atom stereocenters. The molecule has 1 N–H and O–H groups in total. The van der Waals surface area contributed by atoms with Gasteiger partial charge in [-0.3, -0.25) is 14.6 Å². The summed E-state index contributed by atoms with van der Waals surface area (Å²) < 4.78 is 21.7. The smallest absolute Gasteiger partial charge is 0.410 e. The Labute approximate surface area is 263 Å². The fourth-order valence-corrected chi connectivity index (χ4v) is 5.59. The van der Waals surface area contributed by atoms with E-state index in [0.29, 0.717) is 49.7 Å². The maximum absolute atomic E-state index is 12.3. The van der Waals surface area contributed by atoms with Crippen LogP contribution in [0.15, 0.2) is 9.05 Å². The second-order valence-electron chi connectivity index (χ2n) is 14.1. The van der Waals surface area contributed by atoms with Gasteiger partial charge in [0.2, 0.25) is 17.7 Å². The molecule has 6 heterocycles. The molecule has 4 fully saturated rings. The second kappa shape index (κ2) is 12.9. The summed E-state index contributed by atoms with van der Waals surface area (Å²) in [5.41, 5.74) is -1.03. The number of ether oxygens (including phenoxy) is 2. The molecule has 0 unspecified atom stereocenters. The summed E-state index contributed by atoms with van der Waals surface area (Å²) in [5.74, 6) is 2.83. The summed E-state index contributed by atoms with van der Waals surface area (Å²) in [6, 6.07) is -0.390. The van der Waals surface area contributed by atoms with Crippen molar-refractivity contribution in [2.45, 2.75) is 109 Å². The lowest BCUT2D eigenvalue weighted by molar-refractivity contribution is -0.133. The van der Waals surface area contributed by atoms with E-state index in [2.05, 4.69) is 25.6 Å². The van der Waals surface area contributed by atoms with Gasteiger partial charge in [-0.15, -0.1) is 0 Å². The molecule has 0 spiro atoms. The monoisotopic (exact) mass is 630 g/mol. The summed E-state index contributed by atoms with van der Waals surface area (Å²) in [6.07, 6.45) is 2.76. The Morgan fingerprint density at radius 2 is 1.20 bits per heavy atom. The van der Waals surface area contributed by atoms with Crippen LogP contribution in [0.3, 0.4) is 0 Å². The highest BCUT2D eigenvalue weighted by Gasteiger charge is 2.40. The molecule has 248 valence electrons. The molecule has 4 aliphatic rings. The predicted octanol–water partition coefficient (Wildman–Crippen LogP) is 3.92. The number of hydrogen-bond acceptors (Lipinski definition) is 12. The van der Waals surface area contributed by atoms with Gasteiger partial charge in [0.1, 0.15) is 23.3 Å². The van der Waals surface area contributed by atoms with E-state index in [-0.39, 0.29) is 36.1 Å². The fourth-order valence-electron chi connectivity index (χ4n) is 5.59. The van der Waals surface area contributed by atoms with E-state index in [9.17, 15) is 14.4 Å². The SMILES string of the molecule is CC(=O)N1CC(c2noc([C@@H]3CCCN3C(=O)OC(C)(C)C)n2)C1.CC(C)(C)OC(=O)N1CCC[C@H]1c1nc(C2CNC2)no1. The standard InChI is InChI=1S/C16H24N4O4.C14H22N4O3/c1-10(21)19-8-11(9-19)13-17-14(24-18-13)12-6-5-7-20(12)15(22)23-16(2,3)4;1-14(2,3)20-13(19)18-6-4-5-10(18)12-16-11(17-21-12)9-7-15-8-9/h11-12H,5-9H2,1-4H3;9-10,15H,4-8H2,1-3H3/t12-;10-/m00/s1. The summed E-state index contributed by atoms with van der Waals surface area (Å²) in [5, 5.41) is 11.3. The van der Waals surface area contributed by atoms with Crippen LogP contribution in [-0.4, -0.2) is 104 Å². The van der Waals surface area contributed by atoms with Crippen molar-refractivity contribution in [1.29, 1.82) is 0 Å². The highest BCUT2D eigenvalue weighted by Crippen LogP contribution is 2.35. The number of rotatable bonds is 4. The molecular formula is C30H46N8O7.